The van der Waals surface area contributed by atoms with Crippen LogP contribution in [0.15, 0.2) is 42.5 Å². The zero-order chi connectivity index (χ0) is 15.4. The van der Waals surface area contributed by atoms with Crippen LogP contribution in [0.25, 0.3) is 10.8 Å². The molecule has 0 bridgehead atoms. The van der Waals surface area contributed by atoms with Gasteiger partial charge in [-0.2, -0.15) is 0 Å². The molecule has 0 aliphatic rings. The highest BCUT2D eigenvalue weighted by Gasteiger charge is 2.24. The van der Waals surface area contributed by atoms with E-state index in [0.29, 0.717) is 5.56 Å². The van der Waals surface area contributed by atoms with Crippen molar-refractivity contribution in [1.29, 1.82) is 0 Å². The minimum absolute atomic E-state index is 0.00132. The molecule has 0 fully saturated rings. The van der Waals surface area contributed by atoms with Gasteiger partial charge in [0.15, 0.2) is 0 Å². The van der Waals surface area contributed by atoms with Crippen molar-refractivity contribution in [2.45, 2.75) is 26.3 Å². The second kappa shape index (κ2) is 6.39. The van der Waals surface area contributed by atoms with Crippen molar-refractivity contribution < 1.29 is 9.59 Å². The Morgan fingerprint density at radius 1 is 1.14 bits per heavy atom. The quantitative estimate of drug-likeness (QED) is 0.885. The number of hydrogen-bond acceptors (Lipinski definition) is 2. The average molecular weight is 284 g/mol. The third-order valence-electron chi connectivity index (χ3n) is 3.84. The number of hydrogen-bond donors (Lipinski definition) is 2. The van der Waals surface area contributed by atoms with Crippen LogP contribution in [0.4, 0.5) is 0 Å². The Morgan fingerprint density at radius 2 is 1.81 bits per heavy atom. The zero-order valence-electron chi connectivity index (χ0n) is 12.3. The van der Waals surface area contributed by atoms with Crippen molar-refractivity contribution >= 4 is 22.6 Å². The molecule has 110 valence electrons. The summed E-state index contributed by atoms with van der Waals surface area (Å²) in [6.07, 6.45) is 0.767. The van der Waals surface area contributed by atoms with Crippen LogP contribution in [0.3, 0.4) is 0 Å². The molecular weight excluding hydrogens is 264 g/mol. The molecule has 0 heterocycles. The number of fused-ring (bicyclic) bond motifs is 1. The van der Waals surface area contributed by atoms with Crippen molar-refractivity contribution in [2.24, 2.45) is 11.7 Å². The van der Waals surface area contributed by atoms with Crippen molar-refractivity contribution in [3.8, 4) is 0 Å². The predicted molar refractivity (Wildman–Crippen MR) is 83.9 cm³/mol. The van der Waals surface area contributed by atoms with Crippen LogP contribution >= 0.6 is 0 Å². The van der Waals surface area contributed by atoms with Gasteiger partial charge in [0.05, 0.1) is 0 Å². The molecule has 2 amide bonds. The monoisotopic (exact) mass is 284 g/mol. The van der Waals surface area contributed by atoms with Gasteiger partial charge in [-0.1, -0.05) is 56.7 Å². The van der Waals surface area contributed by atoms with E-state index in [4.69, 9.17) is 5.73 Å². The second-order valence-corrected chi connectivity index (χ2v) is 5.27. The lowest BCUT2D eigenvalue weighted by atomic mass is 9.97. The van der Waals surface area contributed by atoms with Crippen LogP contribution in [0.2, 0.25) is 0 Å². The van der Waals surface area contributed by atoms with Crippen molar-refractivity contribution in [2.75, 3.05) is 0 Å². The molecule has 0 unspecified atom stereocenters. The number of rotatable bonds is 5. The maximum atomic E-state index is 12.5. The van der Waals surface area contributed by atoms with Crippen molar-refractivity contribution in [1.82, 2.24) is 5.32 Å². The smallest absolute Gasteiger partial charge is 0.252 e. The fourth-order valence-electron chi connectivity index (χ4n) is 2.37. The fraction of sp³-hybridized carbons (Fsp3) is 0.294. The summed E-state index contributed by atoms with van der Waals surface area (Å²) in [4.78, 5) is 24.0. The summed E-state index contributed by atoms with van der Waals surface area (Å²) < 4.78 is 0. The van der Waals surface area contributed by atoms with Gasteiger partial charge >= 0.3 is 0 Å². The molecule has 2 aromatic carbocycles. The molecule has 0 saturated carbocycles. The average Bonchev–Trinajstić information content (AvgIpc) is 2.50. The number of benzene rings is 2. The van der Waals surface area contributed by atoms with Gasteiger partial charge in [0, 0.05) is 5.56 Å². The van der Waals surface area contributed by atoms with E-state index < -0.39 is 11.9 Å². The normalized spacial score (nSPS) is 13.6. The molecule has 2 atom stereocenters. The summed E-state index contributed by atoms with van der Waals surface area (Å²) in [6, 6.07) is 12.5. The zero-order valence-corrected chi connectivity index (χ0v) is 12.3. The third kappa shape index (κ3) is 3.21. The van der Waals surface area contributed by atoms with E-state index in [1.807, 2.05) is 50.2 Å². The molecule has 21 heavy (non-hydrogen) atoms. The van der Waals surface area contributed by atoms with Gasteiger partial charge in [0.2, 0.25) is 5.91 Å². The van der Waals surface area contributed by atoms with E-state index in [9.17, 15) is 9.59 Å². The molecule has 0 saturated heterocycles. The second-order valence-electron chi connectivity index (χ2n) is 5.27. The van der Waals surface area contributed by atoms with Gasteiger partial charge in [0.25, 0.3) is 5.91 Å². The van der Waals surface area contributed by atoms with E-state index >= 15 is 0 Å². The molecule has 0 aliphatic heterocycles. The van der Waals surface area contributed by atoms with Crippen LogP contribution < -0.4 is 11.1 Å². The first-order valence-corrected chi connectivity index (χ1v) is 7.12. The highest BCUT2D eigenvalue weighted by molar-refractivity contribution is 6.08. The van der Waals surface area contributed by atoms with Gasteiger partial charge < -0.3 is 11.1 Å². The van der Waals surface area contributed by atoms with E-state index in [-0.39, 0.29) is 11.8 Å². The standard InChI is InChI=1S/C17H20N2O2/c1-3-11(2)15(16(18)20)19-17(21)14-10-6-8-12-7-4-5-9-13(12)14/h4-11,15H,3H2,1-2H3,(H2,18,20)(H,19,21)/t11-,15-/m1/s1. The molecule has 2 aromatic rings. The Hall–Kier alpha value is -2.36. The lowest BCUT2D eigenvalue weighted by Gasteiger charge is -2.21. The third-order valence-corrected chi connectivity index (χ3v) is 3.84. The summed E-state index contributed by atoms with van der Waals surface area (Å²) >= 11 is 0. The van der Waals surface area contributed by atoms with E-state index in [0.717, 1.165) is 17.2 Å². The van der Waals surface area contributed by atoms with Crippen molar-refractivity contribution in [3.05, 3.63) is 48.0 Å². The Morgan fingerprint density at radius 3 is 2.48 bits per heavy atom. The Balaban J connectivity index is 2.32. The molecule has 4 heteroatoms. The maximum Gasteiger partial charge on any atom is 0.252 e. The summed E-state index contributed by atoms with van der Waals surface area (Å²) in [5.41, 5.74) is 5.96. The van der Waals surface area contributed by atoms with Gasteiger partial charge in [-0.15, -0.1) is 0 Å². The first-order valence-electron chi connectivity index (χ1n) is 7.12. The molecule has 0 radical (unpaired) electrons. The predicted octanol–water partition coefficient (Wildman–Crippen LogP) is 2.47. The topological polar surface area (TPSA) is 72.2 Å². The number of nitrogens with two attached hydrogens (primary N) is 1. The number of amides is 2. The largest absolute Gasteiger partial charge is 0.368 e. The molecule has 0 aromatic heterocycles. The number of carbonyl (C=O) groups is 2. The van der Waals surface area contributed by atoms with E-state index in [1.165, 1.54) is 0 Å². The summed E-state index contributed by atoms with van der Waals surface area (Å²) in [5.74, 6) is -0.768. The van der Waals surface area contributed by atoms with Crippen LogP contribution in [-0.4, -0.2) is 17.9 Å². The minimum atomic E-state index is -0.651. The van der Waals surface area contributed by atoms with E-state index in [2.05, 4.69) is 5.32 Å². The summed E-state index contributed by atoms with van der Waals surface area (Å²) in [7, 11) is 0. The van der Waals surface area contributed by atoms with Gasteiger partial charge in [-0.25, -0.2) is 0 Å². The lowest BCUT2D eigenvalue weighted by molar-refractivity contribution is -0.120. The molecule has 0 spiro atoms. The molecule has 3 N–H and O–H groups in total. The summed E-state index contributed by atoms with van der Waals surface area (Å²) in [6.45, 7) is 3.86. The van der Waals surface area contributed by atoms with Crippen LogP contribution in [-0.2, 0) is 4.79 Å². The SMILES string of the molecule is CC[C@@H](C)[C@@H](NC(=O)c1cccc2ccccc12)C(N)=O. The van der Waals surface area contributed by atoms with Crippen LogP contribution in [0.5, 0.6) is 0 Å². The van der Waals surface area contributed by atoms with Gasteiger partial charge in [-0.3, -0.25) is 9.59 Å². The fourth-order valence-corrected chi connectivity index (χ4v) is 2.37. The van der Waals surface area contributed by atoms with Crippen LogP contribution in [0, 0.1) is 5.92 Å². The first-order chi connectivity index (χ1) is 10.0. The molecular formula is C17H20N2O2. The maximum absolute atomic E-state index is 12.5. The molecule has 0 aliphatic carbocycles. The van der Waals surface area contributed by atoms with Crippen LogP contribution in [0.1, 0.15) is 30.6 Å². The number of carbonyl (C=O) groups excluding carboxylic acids is 2. The highest BCUT2D eigenvalue weighted by Crippen LogP contribution is 2.19. The van der Waals surface area contributed by atoms with E-state index in [1.54, 1.807) is 6.07 Å². The Kier molecular flexibility index (Phi) is 4.58. The summed E-state index contributed by atoms with van der Waals surface area (Å²) in [5, 5.41) is 4.62. The lowest BCUT2D eigenvalue weighted by Crippen LogP contribution is -2.48. The Bertz CT molecular complexity index is 661. The van der Waals surface area contributed by atoms with Crippen molar-refractivity contribution in [3.63, 3.8) is 0 Å². The number of primary amides is 1. The highest BCUT2D eigenvalue weighted by atomic mass is 16.2. The van der Waals surface area contributed by atoms with Gasteiger partial charge in [-0.05, 0) is 22.8 Å². The Labute approximate surface area is 124 Å². The minimum Gasteiger partial charge on any atom is -0.368 e. The first kappa shape index (κ1) is 15.0. The number of nitrogens with one attached hydrogen (secondary N) is 1. The van der Waals surface area contributed by atoms with Gasteiger partial charge in [0.1, 0.15) is 6.04 Å². The molecule has 2 rings (SSSR count). The molecule has 4 nitrogen and oxygen atoms in total.